The number of alkyl carbamates (subject to hydrolysis) is 1. The summed E-state index contributed by atoms with van der Waals surface area (Å²) in [7, 11) is 0. The van der Waals surface area contributed by atoms with Crippen molar-refractivity contribution in [3.63, 3.8) is 0 Å². The van der Waals surface area contributed by atoms with Gasteiger partial charge in [0, 0.05) is 30.9 Å². The van der Waals surface area contributed by atoms with Crippen LogP contribution in [0.3, 0.4) is 0 Å². The summed E-state index contributed by atoms with van der Waals surface area (Å²) in [5.74, 6) is 0.457. The van der Waals surface area contributed by atoms with Gasteiger partial charge in [-0.05, 0) is 40.0 Å². The predicted octanol–water partition coefficient (Wildman–Crippen LogP) is 3.49. The number of ether oxygens (including phenoxy) is 2. The van der Waals surface area contributed by atoms with Crippen LogP contribution in [0, 0.1) is 0 Å². The molecule has 0 saturated carbocycles. The maximum absolute atomic E-state index is 11.5. The minimum Gasteiger partial charge on any atom is -0.444 e. The van der Waals surface area contributed by atoms with Crippen LogP contribution in [0.5, 0.6) is 0 Å². The average molecular weight is 326 g/mol. The molecule has 0 unspecified atom stereocenters. The number of nitrogens with one attached hydrogen (secondary N) is 1. The molecule has 124 valence electrons. The molecule has 5 nitrogen and oxygen atoms in total. The summed E-state index contributed by atoms with van der Waals surface area (Å²) >= 11 is 1.70. The Balaban J connectivity index is 1.67. The third-order valence-corrected chi connectivity index (χ3v) is 4.31. The summed E-state index contributed by atoms with van der Waals surface area (Å²) in [5.41, 5.74) is 0.718. The van der Waals surface area contributed by atoms with Crippen LogP contribution >= 0.6 is 11.3 Å². The van der Waals surface area contributed by atoms with E-state index in [1.165, 1.54) is 12.1 Å². The van der Waals surface area contributed by atoms with Crippen molar-refractivity contribution in [2.75, 3.05) is 19.8 Å². The smallest absolute Gasteiger partial charge is 0.407 e. The number of carbonyl (C=O) groups is 1. The zero-order valence-corrected chi connectivity index (χ0v) is 14.5. The van der Waals surface area contributed by atoms with Crippen molar-refractivity contribution in [1.82, 2.24) is 10.3 Å². The quantitative estimate of drug-likeness (QED) is 0.841. The van der Waals surface area contributed by atoms with E-state index in [0.29, 0.717) is 12.5 Å². The fourth-order valence-electron chi connectivity index (χ4n) is 2.35. The van der Waals surface area contributed by atoms with Crippen LogP contribution in [0.25, 0.3) is 0 Å². The van der Waals surface area contributed by atoms with Gasteiger partial charge in [-0.1, -0.05) is 0 Å². The largest absolute Gasteiger partial charge is 0.444 e. The van der Waals surface area contributed by atoms with Gasteiger partial charge in [0.2, 0.25) is 0 Å². The number of thiazole rings is 1. The molecule has 1 aliphatic heterocycles. The highest BCUT2D eigenvalue weighted by atomic mass is 32.1. The molecule has 0 spiro atoms. The van der Waals surface area contributed by atoms with Crippen LogP contribution in [0.2, 0.25) is 0 Å². The number of carbonyl (C=O) groups excluding carboxylic acids is 1. The van der Waals surface area contributed by atoms with Crippen molar-refractivity contribution in [1.29, 1.82) is 0 Å². The molecule has 0 bridgehead atoms. The fourth-order valence-corrected chi connectivity index (χ4v) is 3.27. The summed E-state index contributed by atoms with van der Waals surface area (Å²) in [6.45, 7) is 7.86. The lowest BCUT2D eigenvalue weighted by atomic mass is 10.00. The molecule has 1 fully saturated rings. The van der Waals surface area contributed by atoms with Crippen LogP contribution in [0.1, 0.15) is 56.7 Å². The molecule has 1 N–H and O–H groups in total. The minimum atomic E-state index is -0.448. The van der Waals surface area contributed by atoms with Crippen LogP contribution in [-0.2, 0) is 15.9 Å². The molecule has 22 heavy (non-hydrogen) atoms. The molecule has 1 aromatic heterocycles. The number of aryl methyl sites for hydroxylation is 1. The maximum atomic E-state index is 11.5. The third-order valence-electron chi connectivity index (χ3n) is 3.38. The normalized spacial score (nSPS) is 19.0. The molecule has 2 rings (SSSR count). The van der Waals surface area contributed by atoms with Gasteiger partial charge in [0.25, 0.3) is 0 Å². The standard InChI is InChI=1S/C16H26N2O3S/c1-16(2,3)21-15(19)17-8-4-7-14-18-13(11-22-14)12-6-5-9-20-10-12/h11-12H,4-10H2,1-3H3,(H,17,19)/t12-/m0/s1. The lowest BCUT2D eigenvalue weighted by Gasteiger charge is -2.20. The molecular formula is C16H26N2O3S. The van der Waals surface area contributed by atoms with E-state index in [1.54, 1.807) is 11.3 Å². The van der Waals surface area contributed by atoms with E-state index >= 15 is 0 Å². The number of nitrogens with zero attached hydrogens (tertiary/aromatic N) is 1. The van der Waals surface area contributed by atoms with Crippen molar-refractivity contribution in [3.05, 3.63) is 16.1 Å². The molecule has 1 amide bonds. The van der Waals surface area contributed by atoms with Crippen LogP contribution in [-0.4, -0.2) is 36.4 Å². The highest BCUT2D eigenvalue weighted by Crippen LogP contribution is 2.26. The number of hydrogen-bond donors (Lipinski definition) is 1. The molecule has 0 aromatic carbocycles. The second-order valence-electron chi connectivity index (χ2n) is 6.61. The van der Waals surface area contributed by atoms with Crippen molar-refractivity contribution >= 4 is 17.4 Å². The van der Waals surface area contributed by atoms with E-state index in [2.05, 4.69) is 10.7 Å². The Morgan fingerprint density at radius 3 is 3.05 bits per heavy atom. The topological polar surface area (TPSA) is 60.5 Å². The second-order valence-corrected chi connectivity index (χ2v) is 7.56. The zero-order valence-electron chi connectivity index (χ0n) is 13.7. The van der Waals surface area contributed by atoms with Gasteiger partial charge in [-0.3, -0.25) is 0 Å². The van der Waals surface area contributed by atoms with Gasteiger partial charge in [-0.25, -0.2) is 9.78 Å². The SMILES string of the molecule is CC(C)(C)OC(=O)NCCCc1nc([C@H]2CCCOC2)cs1. The number of aromatic nitrogens is 1. The molecule has 1 saturated heterocycles. The molecule has 1 atom stereocenters. The van der Waals surface area contributed by atoms with E-state index in [-0.39, 0.29) is 6.09 Å². The molecular weight excluding hydrogens is 300 g/mol. The van der Waals surface area contributed by atoms with Crippen molar-refractivity contribution in [3.8, 4) is 0 Å². The molecule has 1 aromatic rings. The van der Waals surface area contributed by atoms with E-state index in [4.69, 9.17) is 14.5 Å². The minimum absolute atomic E-state index is 0.355. The zero-order chi connectivity index (χ0) is 16.0. The maximum Gasteiger partial charge on any atom is 0.407 e. The first kappa shape index (κ1) is 17.2. The highest BCUT2D eigenvalue weighted by molar-refractivity contribution is 7.09. The van der Waals surface area contributed by atoms with Gasteiger partial charge in [0.1, 0.15) is 5.60 Å². The molecule has 0 aliphatic carbocycles. The van der Waals surface area contributed by atoms with Gasteiger partial charge in [0.15, 0.2) is 0 Å². The number of rotatable bonds is 5. The van der Waals surface area contributed by atoms with E-state index in [1.807, 2.05) is 20.8 Å². The first-order valence-corrected chi connectivity index (χ1v) is 8.81. The summed E-state index contributed by atoms with van der Waals surface area (Å²) in [6.07, 6.45) is 3.69. The van der Waals surface area contributed by atoms with E-state index in [9.17, 15) is 4.79 Å². The lowest BCUT2D eigenvalue weighted by molar-refractivity contribution is 0.0527. The molecule has 1 aliphatic rings. The molecule has 6 heteroatoms. The fraction of sp³-hybridized carbons (Fsp3) is 0.750. The number of hydrogen-bond acceptors (Lipinski definition) is 5. The van der Waals surface area contributed by atoms with Gasteiger partial charge < -0.3 is 14.8 Å². The Labute approximate surface area is 136 Å². The average Bonchev–Trinajstić information content (AvgIpc) is 2.91. The van der Waals surface area contributed by atoms with Crippen LogP contribution in [0.15, 0.2) is 5.38 Å². The van der Waals surface area contributed by atoms with E-state index < -0.39 is 5.60 Å². The van der Waals surface area contributed by atoms with Gasteiger partial charge in [-0.15, -0.1) is 11.3 Å². The van der Waals surface area contributed by atoms with Crippen molar-refractivity contribution in [2.45, 2.75) is 58.0 Å². The van der Waals surface area contributed by atoms with Gasteiger partial charge in [0.05, 0.1) is 17.3 Å². The van der Waals surface area contributed by atoms with Crippen molar-refractivity contribution < 1.29 is 14.3 Å². The third kappa shape index (κ3) is 5.93. The monoisotopic (exact) mass is 326 g/mol. The Morgan fingerprint density at radius 1 is 1.55 bits per heavy atom. The van der Waals surface area contributed by atoms with Gasteiger partial charge >= 0.3 is 6.09 Å². The van der Waals surface area contributed by atoms with Gasteiger partial charge in [-0.2, -0.15) is 0 Å². The summed E-state index contributed by atoms with van der Waals surface area (Å²) < 4.78 is 10.7. The predicted molar refractivity (Wildman–Crippen MR) is 87.5 cm³/mol. The Kier molecular flexibility index (Phi) is 6.20. The second kappa shape index (κ2) is 7.92. The lowest BCUT2D eigenvalue weighted by Crippen LogP contribution is -2.33. The molecule has 0 radical (unpaired) electrons. The van der Waals surface area contributed by atoms with Crippen LogP contribution < -0.4 is 5.32 Å². The number of amides is 1. The van der Waals surface area contributed by atoms with Crippen molar-refractivity contribution in [2.24, 2.45) is 0 Å². The van der Waals surface area contributed by atoms with Crippen LogP contribution in [0.4, 0.5) is 4.79 Å². The summed E-state index contributed by atoms with van der Waals surface area (Å²) in [5, 5.41) is 6.06. The first-order valence-electron chi connectivity index (χ1n) is 7.93. The first-order chi connectivity index (χ1) is 10.4. The molecule has 2 heterocycles. The Hall–Kier alpha value is -1.14. The summed E-state index contributed by atoms with van der Waals surface area (Å²) in [6, 6.07) is 0. The highest BCUT2D eigenvalue weighted by Gasteiger charge is 2.19. The Bertz CT molecular complexity index is 476. The Morgan fingerprint density at radius 2 is 2.36 bits per heavy atom. The van der Waals surface area contributed by atoms with E-state index in [0.717, 1.165) is 37.5 Å². The summed E-state index contributed by atoms with van der Waals surface area (Å²) in [4.78, 5) is 16.2.